The van der Waals surface area contributed by atoms with Gasteiger partial charge in [-0.2, -0.15) is 0 Å². The average Bonchev–Trinajstić information content (AvgIpc) is 2.88. The molecule has 3 amide bonds. The maximum atomic E-state index is 13.2. The van der Waals surface area contributed by atoms with Gasteiger partial charge in [0.15, 0.2) is 0 Å². The third-order valence-electron chi connectivity index (χ3n) is 4.57. The smallest absolute Gasteiger partial charge is 0.272 e. The molecule has 1 heterocycles. The second kappa shape index (κ2) is 8.02. The molecule has 28 heavy (non-hydrogen) atoms. The zero-order chi connectivity index (χ0) is 20.4. The highest BCUT2D eigenvalue weighted by Gasteiger charge is 2.40. The van der Waals surface area contributed by atoms with Crippen molar-refractivity contribution in [1.82, 2.24) is 0 Å². The lowest BCUT2D eigenvalue weighted by Gasteiger charge is -2.16. The average molecular weight is 394 g/mol. The van der Waals surface area contributed by atoms with E-state index in [9.17, 15) is 14.4 Å². The molecule has 2 aromatic rings. The Balaban J connectivity index is 2.01. The summed E-state index contributed by atoms with van der Waals surface area (Å²) in [6.07, 6.45) is 0. The van der Waals surface area contributed by atoms with Gasteiger partial charge in [-0.1, -0.05) is 25.1 Å². The first kappa shape index (κ1) is 19.9. The molecule has 5 nitrogen and oxygen atoms in total. The molecule has 6 heteroatoms. The van der Waals surface area contributed by atoms with Crippen LogP contribution in [0.2, 0.25) is 0 Å². The molecule has 0 saturated heterocycles. The Bertz CT molecular complexity index is 993. The molecule has 0 radical (unpaired) electrons. The normalized spacial score (nSPS) is 14.1. The van der Waals surface area contributed by atoms with Crippen molar-refractivity contribution in [2.45, 2.75) is 27.7 Å². The van der Waals surface area contributed by atoms with Gasteiger partial charge in [0.05, 0.1) is 16.2 Å². The van der Waals surface area contributed by atoms with Gasteiger partial charge in [0.1, 0.15) is 0 Å². The van der Waals surface area contributed by atoms with Gasteiger partial charge in [0.25, 0.3) is 11.8 Å². The summed E-state index contributed by atoms with van der Waals surface area (Å²) >= 11 is 1.38. The highest BCUT2D eigenvalue weighted by atomic mass is 32.2. The van der Waals surface area contributed by atoms with Gasteiger partial charge in [-0.15, -0.1) is 11.8 Å². The summed E-state index contributed by atoms with van der Waals surface area (Å²) in [6.45, 7) is 7.39. The summed E-state index contributed by atoms with van der Waals surface area (Å²) in [5, 5.41) is 2.68. The highest BCUT2D eigenvalue weighted by Crippen LogP contribution is 2.38. The number of aryl methyl sites for hydroxylation is 2. The van der Waals surface area contributed by atoms with E-state index in [1.807, 2.05) is 39.0 Å². The van der Waals surface area contributed by atoms with Crippen LogP contribution in [0.15, 0.2) is 47.4 Å². The topological polar surface area (TPSA) is 66.5 Å². The summed E-state index contributed by atoms with van der Waals surface area (Å²) in [5.74, 6) is -0.117. The zero-order valence-corrected chi connectivity index (χ0v) is 17.1. The summed E-state index contributed by atoms with van der Waals surface area (Å²) in [5.41, 5.74) is 4.51. The molecular weight excluding hydrogens is 372 g/mol. The van der Waals surface area contributed by atoms with Crippen LogP contribution < -0.4 is 10.2 Å². The monoisotopic (exact) mass is 394 g/mol. The lowest BCUT2D eigenvalue weighted by Crippen LogP contribution is -2.31. The van der Waals surface area contributed by atoms with Gasteiger partial charge in [0, 0.05) is 12.6 Å². The van der Waals surface area contributed by atoms with Crippen LogP contribution in [0, 0.1) is 13.8 Å². The van der Waals surface area contributed by atoms with Crippen molar-refractivity contribution in [3.63, 3.8) is 0 Å². The van der Waals surface area contributed by atoms with Crippen molar-refractivity contribution in [3.8, 4) is 0 Å². The van der Waals surface area contributed by atoms with Crippen LogP contribution in [0.1, 0.15) is 30.5 Å². The number of benzene rings is 2. The number of amides is 3. The van der Waals surface area contributed by atoms with E-state index in [1.54, 1.807) is 24.3 Å². The van der Waals surface area contributed by atoms with Crippen LogP contribution in [-0.4, -0.2) is 23.5 Å². The SMILES string of the molecule is CCSC1=C(c2ccc(C)c(C)c2)C(=O)N(c2ccc(NC(C)=O)cc2)C1=O. The van der Waals surface area contributed by atoms with E-state index in [1.165, 1.54) is 23.6 Å². The summed E-state index contributed by atoms with van der Waals surface area (Å²) < 4.78 is 0. The Kier molecular flexibility index (Phi) is 5.70. The Hall–Kier alpha value is -2.86. The van der Waals surface area contributed by atoms with E-state index in [0.717, 1.165) is 16.7 Å². The van der Waals surface area contributed by atoms with E-state index >= 15 is 0 Å². The lowest BCUT2D eigenvalue weighted by atomic mass is 10.0. The maximum Gasteiger partial charge on any atom is 0.272 e. The molecule has 0 spiro atoms. The van der Waals surface area contributed by atoms with Crippen molar-refractivity contribution in [2.75, 3.05) is 16.0 Å². The molecule has 1 aliphatic heterocycles. The molecule has 1 aliphatic rings. The van der Waals surface area contributed by atoms with E-state index < -0.39 is 0 Å². The zero-order valence-electron chi connectivity index (χ0n) is 16.3. The number of nitrogens with one attached hydrogen (secondary N) is 1. The molecule has 0 saturated carbocycles. The molecule has 0 aromatic heterocycles. The second-order valence-electron chi connectivity index (χ2n) is 6.61. The molecule has 0 fully saturated rings. The number of hydrogen-bond donors (Lipinski definition) is 1. The van der Waals surface area contributed by atoms with Crippen molar-refractivity contribution < 1.29 is 14.4 Å². The summed E-state index contributed by atoms with van der Waals surface area (Å²) in [7, 11) is 0. The molecule has 0 unspecified atom stereocenters. The van der Waals surface area contributed by atoms with E-state index in [0.29, 0.717) is 27.6 Å². The summed E-state index contributed by atoms with van der Waals surface area (Å²) in [4.78, 5) is 39.2. The fourth-order valence-corrected chi connectivity index (χ4v) is 3.92. The molecule has 0 aliphatic carbocycles. The van der Waals surface area contributed by atoms with E-state index in [4.69, 9.17) is 0 Å². The number of thioether (sulfide) groups is 1. The fraction of sp³-hybridized carbons (Fsp3) is 0.227. The number of anilines is 2. The van der Waals surface area contributed by atoms with E-state index in [2.05, 4.69) is 5.32 Å². The minimum absolute atomic E-state index is 0.179. The number of carbonyl (C=O) groups excluding carboxylic acids is 3. The number of rotatable bonds is 5. The van der Waals surface area contributed by atoms with Gasteiger partial charge in [-0.05, 0) is 60.6 Å². The third-order valence-corrected chi connectivity index (χ3v) is 5.53. The van der Waals surface area contributed by atoms with Crippen LogP contribution in [0.5, 0.6) is 0 Å². The molecule has 3 rings (SSSR count). The van der Waals surface area contributed by atoms with Crippen LogP contribution in [0.25, 0.3) is 5.57 Å². The highest BCUT2D eigenvalue weighted by molar-refractivity contribution is 8.04. The van der Waals surface area contributed by atoms with Crippen molar-refractivity contribution in [2.24, 2.45) is 0 Å². The van der Waals surface area contributed by atoms with Gasteiger partial charge >= 0.3 is 0 Å². The van der Waals surface area contributed by atoms with Crippen molar-refractivity contribution >= 4 is 46.4 Å². The minimum Gasteiger partial charge on any atom is -0.326 e. The maximum absolute atomic E-state index is 13.2. The minimum atomic E-state index is -0.323. The molecule has 1 N–H and O–H groups in total. The molecule has 0 bridgehead atoms. The largest absolute Gasteiger partial charge is 0.326 e. The summed E-state index contributed by atoms with van der Waals surface area (Å²) in [6, 6.07) is 12.5. The van der Waals surface area contributed by atoms with Gasteiger partial charge in [0.2, 0.25) is 5.91 Å². The lowest BCUT2D eigenvalue weighted by molar-refractivity contribution is -0.120. The van der Waals surface area contributed by atoms with Gasteiger partial charge in [-0.3, -0.25) is 14.4 Å². The standard InChI is InChI=1S/C22H22N2O3S/c1-5-28-20-19(16-7-6-13(2)14(3)12-16)21(26)24(22(20)27)18-10-8-17(9-11-18)23-15(4)25/h6-12H,5H2,1-4H3,(H,23,25). The quantitative estimate of drug-likeness (QED) is 0.768. The number of hydrogen-bond acceptors (Lipinski definition) is 4. The number of imide groups is 1. The second-order valence-corrected chi connectivity index (χ2v) is 7.88. The van der Waals surface area contributed by atoms with Crippen molar-refractivity contribution in [3.05, 3.63) is 64.1 Å². The molecule has 2 aromatic carbocycles. The van der Waals surface area contributed by atoms with Crippen LogP contribution in [0.4, 0.5) is 11.4 Å². The first-order chi connectivity index (χ1) is 13.3. The Morgan fingerprint density at radius 2 is 1.68 bits per heavy atom. The van der Waals surface area contributed by atoms with Gasteiger partial charge < -0.3 is 5.32 Å². The predicted octanol–water partition coefficient (Wildman–Crippen LogP) is 4.30. The van der Waals surface area contributed by atoms with E-state index in [-0.39, 0.29) is 17.7 Å². The Labute approximate surface area is 168 Å². The molecule has 0 atom stereocenters. The van der Waals surface area contributed by atoms with Crippen LogP contribution in [0.3, 0.4) is 0 Å². The Morgan fingerprint density at radius 1 is 1.00 bits per heavy atom. The molecule has 144 valence electrons. The number of carbonyl (C=O) groups is 3. The molecular formula is C22H22N2O3S. The third kappa shape index (κ3) is 3.73. The van der Waals surface area contributed by atoms with Crippen LogP contribution >= 0.6 is 11.8 Å². The first-order valence-corrected chi connectivity index (χ1v) is 10.0. The Morgan fingerprint density at radius 3 is 2.25 bits per heavy atom. The predicted molar refractivity (Wildman–Crippen MR) is 114 cm³/mol. The first-order valence-electron chi connectivity index (χ1n) is 9.04. The fourth-order valence-electron chi connectivity index (χ4n) is 3.07. The van der Waals surface area contributed by atoms with Crippen LogP contribution in [-0.2, 0) is 14.4 Å². The van der Waals surface area contributed by atoms with Gasteiger partial charge in [-0.25, -0.2) is 4.90 Å². The number of nitrogens with zero attached hydrogens (tertiary/aromatic N) is 1. The van der Waals surface area contributed by atoms with Crippen molar-refractivity contribution in [1.29, 1.82) is 0 Å².